The molecule has 0 unspecified atom stereocenters. The molecule has 3 rings (SSSR count). The van der Waals surface area contributed by atoms with Gasteiger partial charge in [-0.05, 0) is 53.6 Å². The average Bonchev–Trinajstić information content (AvgIpc) is 2.60. The molecule has 0 heterocycles. The molecule has 0 aliphatic heterocycles. The third kappa shape index (κ3) is 1.89. The highest BCUT2D eigenvalue weighted by Crippen LogP contribution is 2.30. The lowest BCUT2D eigenvalue weighted by Crippen LogP contribution is -1.94. The van der Waals surface area contributed by atoms with Crippen LogP contribution in [0.25, 0.3) is 11.1 Å². The smallest absolute Gasteiger partial charge is 0.178 e. The first-order valence-electron chi connectivity index (χ1n) is 6.06. The molecule has 0 radical (unpaired) electrons. The van der Waals surface area contributed by atoms with Gasteiger partial charge < -0.3 is 0 Å². The standard InChI is InChI=1S/C16H14O/c17-14-8-4-10-16-13(11-14)7-3-6-12-5-1-2-9-15(12)16/h1-2,4-5,8-11H,3,6-7H2. The molecule has 0 aromatic heterocycles. The molecule has 17 heavy (non-hydrogen) atoms. The van der Waals surface area contributed by atoms with Gasteiger partial charge in [0.1, 0.15) is 0 Å². The minimum atomic E-state index is 0.102. The van der Waals surface area contributed by atoms with E-state index in [9.17, 15) is 4.79 Å². The SMILES string of the molecule is O=c1cccc2c(c1)CCCc1ccccc1-2. The molecule has 0 fully saturated rings. The summed E-state index contributed by atoms with van der Waals surface area (Å²) in [7, 11) is 0. The van der Waals surface area contributed by atoms with Crippen molar-refractivity contribution in [1.29, 1.82) is 0 Å². The molecule has 1 nitrogen and oxygen atoms in total. The predicted octanol–water partition coefficient (Wildman–Crippen LogP) is 3.20. The van der Waals surface area contributed by atoms with Gasteiger partial charge in [0.25, 0.3) is 0 Å². The number of benzene rings is 1. The van der Waals surface area contributed by atoms with Crippen LogP contribution in [0.4, 0.5) is 0 Å². The van der Waals surface area contributed by atoms with Gasteiger partial charge in [0.15, 0.2) is 5.43 Å². The molecule has 0 saturated carbocycles. The van der Waals surface area contributed by atoms with Gasteiger partial charge in [0.2, 0.25) is 0 Å². The lowest BCUT2D eigenvalue weighted by molar-refractivity contribution is 0.834. The summed E-state index contributed by atoms with van der Waals surface area (Å²) >= 11 is 0. The number of hydrogen-bond acceptors (Lipinski definition) is 1. The molecule has 0 N–H and O–H groups in total. The molecular formula is C16H14O. The van der Waals surface area contributed by atoms with Gasteiger partial charge in [-0.15, -0.1) is 0 Å². The van der Waals surface area contributed by atoms with E-state index < -0.39 is 0 Å². The first-order chi connectivity index (χ1) is 8.34. The van der Waals surface area contributed by atoms with E-state index in [1.54, 1.807) is 12.1 Å². The van der Waals surface area contributed by atoms with Crippen LogP contribution in [0.2, 0.25) is 0 Å². The van der Waals surface area contributed by atoms with Crippen LogP contribution in [0.15, 0.2) is 53.3 Å². The highest BCUT2D eigenvalue weighted by atomic mass is 16.1. The number of rotatable bonds is 0. The molecule has 2 aromatic rings. The van der Waals surface area contributed by atoms with Gasteiger partial charge in [-0.1, -0.05) is 36.4 Å². The second kappa shape index (κ2) is 4.17. The summed E-state index contributed by atoms with van der Waals surface area (Å²) in [5.74, 6) is 0. The quantitative estimate of drug-likeness (QED) is 0.669. The summed E-state index contributed by atoms with van der Waals surface area (Å²) in [5, 5.41) is 0. The minimum absolute atomic E-state index is 0.102. The van der Waals surface area contributed by atoms with Crippen LogP contribution >= 0.6 is 0 Å². The van der Waals surface area contributed by atoms with Gasteiger partial charge in [0.05, 0.1) is 0 Å². The van der Waals surface area contributed by atoms with Crippen LogP contribution in [0.5, 0.6) is 0 Å². The Morgan fingerprint density at radius 2 is 1.47 bits per heavy atom. The molecule has 1 aliphatic rings. The van der Waals surface area contributed by atoms with Crippen molar-refractivity contribution in [2.75, 3.05) is 0 Å². The molecule has 0 spiro atoms. The zero-order chi connectivity index (χ0) is 11.7. The Bertz CT molecular complexity index is 614. The summed E-state index contributed by atoms with van der Waals surface area (Å²) in [5.41, 5.74) is 5.19. The summed E-state index contributed by atoms with van der Waals surface area (Å²) in [6.45, 7) is 0. The highest BCUT2D eigenvalue weighted by Gasteiger charge is 2.12. The van der Waals surface area contributed by atoms with Crippen molar-refractivity contribution in [3.63, 3.8) is 0 Å². The first-order valence-corrected chi connectivity index (χ1v) is 6.06. The van der Waals surface area contributed by atoms with Gasteiger partial charge in [-0.3, -0.25) is 4.79 Å². The molecular weight excluding hydrogens is 208 g/mol. The van der Waals surface area contributed by atoms with Gasteiger partial charge in [0, 0.05) is 0 Å². The van der Waals surface area contributed by atoms with Crippen LogP contribution in [0.3, 0.4) is 0 Å². The van der Waals surface area contributed by atoms with Crippen LogP contribution in [-0.4, -0.2) is 0 Å². The van der Waals surface area contributed by atoms with Crippen LogP contribution < -0.4 is 5.43 Å². The van der Waals surface area contributed by atoms with Crippen LogP contribution in [-0.2, 0) is 12.8 Å². The van der Waals surface area contributed by atoms with Gasteiger partial charge in [-0.2, -0.15) is 0 Å². The summed E-state index contributed by atoms with van der Waals surface area (Å²) in [4.78, 5) is 11.6. The van der Waals surface area contributed by atoms with Crippen molar-refractivity contribution in [3.05, 3.63) is 69.9 Å². The minimum Gasteiger partial charge on any atom is -0.290 e. The zero-order valence-corrected chi connectivity index (χ0v) is 9.65. The second-order valence-electron chi connectivity index (χ2n) is 4.52. The Balaban J connectivity index is 2.33. The molecule has 0 atom stereocenters. The fraction of sp³-hybridized carbons (Fsp3) is 0.188. The van der Waals surface area contributed by atoms with E-state index in [1.807, 2.05) is 6.07 Å². The Kier molecular flexibility index (Phi) is 2.52. The molecule has 84 valence electrons. The normalized spacial score (nSPS) is 13.4. The van der Waals surface area contributed by atoms with Crippen molar-refractivity contribution >= 4 is 0 Å². The fourth-order valence-electron chi connectivity index (χ4n) is 2.58. The summed E-state index contributed by atoms with van der Waals surface area (Å²) in [6, 6.07) is 15.9. The predicted molar refractivity (Wildman–Crippen MR) is 70.2 cm³/mol. The third-order valence-electron chi connectivity index (χ3n) is 3.39. The van der Waals surface area contributed by atoms with E-state index in [0.29, 0.717) is 0 Å². The first kappa shape index (κ1) is 10.3. The highest BCUT2D eigenvalue weighted by molar-refractivity contribution is 5.71. The number of hydrogen-bond donors (Lipinski definition) is 0. The Hall–Kier alpha value is -1.89. The van der Waals surface area contributed by atoms with Crippen molar-refractivity contribution in [3.8, 4) is 11.1 Å². The Morgan fingerprint density at radius 1 is 0.765 bits per heavy atom. The van der Waals surface area contributed by atoms with E-state index in [0.717, 1.165) is 19.3 Å². The Morgan fingerprint density at radius 3 is 2.41 bits per heavy atom. The molecule has 0 bridgehead atoms. The lowest BCUT2D eigenvalue weighted by Gasteiger charge is -2.06. The number of aryl methyl sites for hydroxylation is 2. The van der Waals surface area contributed by atoms with E-state index in [-0.39, 0.29) is 5.43 Å². The van der Waals surface area contributed by atoms with E-state index >= 15 is 0 Å². The van der Waals surface area contributed by atoms with Gasteiger partial charge >= 0.3 is 0 Å². The average molecular weight is 222 g/mol. The van der Waals surface area contributed by atoms with Crippen LogP contribution in [0.1, 0.15) is 17.5 Å². The van der Waals surface area contributed by atoms with Crippen molar-refractivity contribution in [1.82, 2.24) is 0 Å². The van der Waals surface area contributed by atoms with E-state index in [2.05, 4.69) is 30.3 Å². The molecule has 2 aromatic carbocycles. The fourth-order valence-corrected chi connectivity index (χ4v) is 2.58. The maximum absolute atomic E-state index is 11.6. The third-order valence-corrected chi connectivity index (χ3v) is 3.39. The lowest BCUT2D eigenvalue weighted by atomic mass is 9.99. The maximum atomic E-state index is 11.6. The summed E-state index contributed by atoms with van der Waals surface area (Å²) in [6.07, 6.45) is 3.21. The monoisotopic (exact) mass is 222 g/mol. The van der Waals surface area contributed by atoms with Crippen LogP contribution in [0, 0.1) is 0 Å². The number of fused-ring (bicyclic) bond motifs is 3. The summed E-state index contributed by atoms with van der Waals surface area (Å²) < 4.78 is 0. The van der Waals surface area contributed by atoms with E-state index in [4.69, 9.17) is 0 Å². The molecule has 1 aliphatic carbocycles. The van der Waals surface area contributed by atoms with Crippen molar-refractivity contribution < 1.29 is 0 Å². The Labute approximate surface area is 101 Å². The van der Waals surface area contributed by atoms with Crippen molar-refractivity contribution in [2.45, 2.75) is 19.3 Å². The molecule has 0 saturated heterocycles. The second-order valence-corrected chi connectivity index (χ2v) is 4.52. The zero-order valence-electron chi connectivity index (χ0n) is 9.65. The molecule has 0 amide bonds. The van der Waals surface area contributed by atoms with Gasteiger partial charge in [-0.25, -0.2) is 0 Å². The maximum Gasteiger partial charge on any atom is 0.178 e. The van der Waals surface area contributed by atoms with Crippen molar-refractivity contribution in [2.24, 2.45) is 0 Å². The topological polar surface area (TPSA) is 17.1 Å². The molecule has 1 heteroatoms. The largest absolute Gasteiger partial charge is 0.290 e. The van der Waals surface area contributed by atoms with E-state index in [1.165, 1.54) is 22.3 Å².